The fraction of sp³-hybridized carbons (Fsp3) is 0.600. The van der Waals surface area contributed by atoms with Gasteiger partial charge in [-0.3, -0.25) is 10.1 Å². The maximum absolute atomic E-state index is 13.8. The molecule has 3 amide bonds. The van der Waals surface area contributed by atoms with Gasteiger partial charge in [-0.1, -0.05) is 12.8 Å². The van der Waals surface area contributed by atoms with Crippen molar-refractivity contribution in [2.24, 2.45) is 5.92 Å². The van der Waals surface area contributed by atoms with Crippen molar-refractivity contribution in [2.45, 2.75) is 49.8 Å². The van der Waals surface area contributed by atoms with Crippen molar-refractivity contribution < 1.29 is 27.1 Å². The van der Waals surface area contributed by atoms with Crippen LogP contribution >= 0.6 is 0 Å². The monoisotopic (exact) mass is 441 g/mol. The van der Waals surface area contributed by atoms with E-state index >= 15 is 0 Å². The minimum Gasteiger partial charge on any atom is -0.490 e. The summed E-state index contributed by atoms with van der Waals surface area (Å²) in [5.41, 5.74) is 0. The van der Waals surface area contributed by atoms with Crippen LogP contribution in [-0.4, -0.2) is 51.5 Å². The van der Waals surface area contributed by atoms with Crippen LogP contribution in [-0.2, 0) is 14.8 Å². The number of carbonyl (C=O) groups excluding carboxylic acids is 2. The summed E-state index contributed by atoms with van der Waals surface area (Å²) in [6.07, 6.45) is 5.53. The lowest BCUT2D eigenvalue weighted by Gasteiger charge is -2.26. The molecule has 0 aromatic heterocycles. The predicted molar refractivity (Wildman–Crippen MR) is 108 cm³/mol. The lowest BCUT2D eigenvalue weighted by molar-refractivity contribution is -0.121. The first-order valence-corrected chi connectivity index (χ1v) is 11.8. The standard InChI is InChI=1S/C20H28FN3O5S/c21-17-8-7-16(13-18(17)29-14-15-5-6-15)30(27,28)22-10-3-1-2-4-11-24-12-9-19(25)23-20(24)26/h7-8,13,15,22H,1-6,9-12,14H2,(H,23,25,26). The molecule has 0 radical (unpaired) electrons. The Morgan fingerprint density at radius 1 is 1.17 bits per heavy atom. The van der Waals surface area contributed by atoms with E-state index in [0.717, 1.165) is 38.2 Å². The lowest BCUT2D eigenvalue weighted by Crippen LogP contribution is -2.49. The van der Waals surface area contributed by atoms with Crippen LogP contribution in [0.5, 0.6) is 5.75 Å². The third-order valence-electron chi connectivity index (χ3n) is 5.17. The van der Waals surface area contributed by atoms with Gasteiger partial charge >= 0.3 is 6.03 Å². The molecule has 0 unspecified atom stereocenters. The minimum atomic E-state index is -3.73. The van der Waals surface area contributed by atoms with E-state index in [0.29, 0.717) is 38.5 Å². The summed E-state index contributed by atoms with van der Waals surface area (Å²) in [6, 6.07) is 3.23. The molecule has 10 heteroatoms. The third kappa shape index (κ3) is 6.66. The maximum atomic E-state index is 13.8. The zero-order valence-corrected chi connectivity index (χ0v) is 17.7. The van der Waals surface area contributed by atoms with E-state index in [2.05, 4.69) is 10.0 Å². The number of hydrogen-bond donors (Lipinski definition) is 2. The van der Waals surface area contributed by atoms with Gasteiger partial charge in [0.05, 0.1) is 11.5 Å². The van der Waals surface area contributed by atoms with Gasteiger partial charge in [-0.05, 0) is 43.7 Å². The number of nitrogens with zero attached hydrogens (tertiary/aromatic N) is 1. The summed E-state index contributed by atoms with van der Waals surface area (Å²) in [7, 11) is -3.73. The number of benzene rings is 1. The zero-order chi connectivity index (χ0) is 21.6. The fourth-order valence-corrected chi connectivity index (χ4v) is 4.23. The van der Waals surface area contributed by atoms with Crippen molar-refractivity contribution in [1.82, 2.24) is 14.9 Å². The van der Waals surface area contributed by atoms with Gasteiger partial charge in [-0.15, -0.1) is 0 Å². The van der Waals surface area contributed by atoms with E-state index in [1.165, 1.54) is 12.1 Å². The molecule has 2 aliphatic rings. The Balaban J connectivity index is 1.35. The summed E-state index contributed by atoms with van der Waals surface area (Å²) < 4.78 is 46.7. The molecule has 1 saturated carbocycles. The number of carbonyl (C=O) groups is 2. The number of amides is 3. The van der Waals surface area contributed by atoms with Gasteiger partial charge in [0, 0.05) is 32.1 Å². The van der Waals surface area contributed by atoms with Crippen LogP contribution in [0.4, 0.5) is 9.18 Å². The highest BCUT2D eigenvalue weighted by molar-refractivity contribution is 7.89. The molecule has 0 bridgehead atoms. The van der Waals surface area contributed by atoms with Crippen LogP contribution in [0.2, 0.25) is 0 Å². The molecule has 0 spiro atoms. The molecule has 30 heavy (non-hydrogen) atoms. The van der Waals surface area contributed by atoms with Gasteiger partial charge in [0.25, 0.3) is 0 Å². The number of hydrogen-bond acceptors (Lipinski definition) is 5. The number of sulfonamides is 1. The van der Waals surface area contributed by atoms with Gasteiger partial charge in [0.15, 0.2) is 11.6 Å². The quantitative estimate of drug-likeness (QED) is 0.485. The topological polar surface area (TPSA) is 105 Å². The van der Waals surface area contributed by atoms with E-state index in [-0.39, 0.29) is 29.1 Å². The van der Waals surface area contributed by atoms with Crippen molar-refractivity contribution in [3.8, 4) is 5.75 Å². The molecule has 1 heterocycles. The highest BCUT2D eigenvalue weighted by atomic mass is 32.2. The molecule has 8 nitrogen and oxygen atoms in total. The second-order valence-corrected chi connectivity index (χ2v) is 9.52. The fourth-order valence-electron chi connectivity index (χ4n) is 3.14. The first kappa shape index (κ1) is 22.5. The van der Waals surface area contributed by atoms with Gasteiger partial charge < -0.3 is 9.64 Å². The van der Waals surface area contributed by atoms with Crippen LogP contribution in [0.1, 0.15) is 44.9 Å². The molecular weight excluding hydrogens is 413 g/mol. The van der Waals surface area contributed by atoms with Crippen LogP contribution in [0, 0.1) is 11.7 Å². The number of urea groups is 1. The molecule has 1 aromatic carbocycles. The number of imide groups is 1. The Labute approximate surface area is 176 Å². The predicted octanol–water partition coefficient (Wildman–Crippen LogP) is 2.40. The average Bonchev–Trinajstić information content (AvgIpc) is 3.52. The first-order valence-electron chi connectivity index (χ1n) is 10.4. The number of unbranched alkanes of at least 4 members (excludes halogenated alkanes) is 3. The molecule has 3 rings (SSSR count). The largest absolute Gasteiger partial charge is 0.490 e. The van der Waals surface area contributed by atoms with Crippen LogP contribution < -0.4 is 14.8 Å². The van der Waals surface area contributed by atoms with Gasteiger partial charge in [-0.25, -0.2) is 22.3 Å². The Hall–Kier alpha value is -2.20. The lowest BCUT2D eigenvalue weighted by atomic mass is 10.2. The van der Waals surface area contributed by atoms with Crippen molar-refractivity contribution >= 4 is 22.0 Å². The second-order valence-electron chi connectivity index (χ2n) is 7.75. The third-order valence-corrected chi connectivity index (χ3v) is 6.63. The smallest absolute Gasteiger partial charge is 0.324 e. The Morgan fingerprint density at radius 3 is 2.67 bits per heavy atom. The average molecular weight is 442 g/mol. The second kappa shape index (κ2) is 10.2. The SMILES string of the molecule is O=C1CCN(CCCCCCNS(=O)(=O)c2ccc(F)c(OCC3CC3)c2)C(=O)N1. The van der Waals surface area contributed by atoms with E-state index in [1.54, 1.807) is 4.90 Å². The molecular formula is C20H28FN3O5S. The molecule has 1 saturated heterocycles. The number of ether oxygens (including phenoxy) is 1. The van der Waals surface area contributed by atoms with Gasteiger partial charge in [0.2, 0.25) is 15.9 Å². The molecule has 2 N–H and O–H groups in total. The molecule has 1 aliphatic heterocycles. The van der Waals surface area contributed by atoms with E-state index in [4.69, 9.17) is 4.74 Å². The summed E-state index contributed by atoms with van der Waals surface area (Å²) in [5, 5.41) is 2.29. The first-order chi connectivity index (χ1) is 14.3. The van der Waals surface area contributed by atoms with Crippen molar-refractivity contribution in [3.05, 3.63) is 24.0 Å². The zero-order valence-electron chi connectivity index (χ0n) is 16.9. The molecule has 0 atom stereocenters. The number of nitrogens with one attached hydrogen (secondary N) is 2. The van der Waals surface area contributed by atoms with Crippen LogP contribution in [0.3, 0.4) is 0 Å². The number of rotatable bonds is 12. The van der Waals surface area contributed by atoms with Crippen molar-refractivity contribution in [1.29, 1.82) is 0 Å². The Morgan fingerprint density at radius 2 is 1.93 bits per heavy atom. The molecule has 166 valence electrons. The summed E-state index contributed by atoms with van der Waals surface area (Å²) in [6.45, 7) is 1.69. The van der Waals surface area contributed by atoms with Gasteiger partial charge in [0.1, 0.15) is 0 Å². The normalized spacial score (nSPS) is 17.2. The summed E-state index contributed by atoms with van der Waals surface area (Å²) in [5.74, 6) is -0.407. The molecule has 1 aliphatic carbocycles. The maximum Gasteiger partial charge on any atom is 0.324 e. The van der Waals surface area contributed by atoms with E-state index < -0.39 is 15.8 Å². The van der Waals surface area contributed by atoms with Gasteiger partial charge in [-0.2, -0.15) is 0 Å². The van der Waals surface area contributed by atoms with Crippen LogP contribution in [0.25, 0.3) is 0 Å². The summed E-state index contributed by atoms with van der Waals surface area (Å²) >= 11 is 0. The molecule has 1 aromatic rings. The minimum absolute atomic E-state index is 0.0136. The molecule has 2 fully saturated rings. The Kier molecular flexibility index (Phi) is 7.65. The van der Waals surface area contributed by atoms with Crippen molar-refractivity contribution in [2.75, 3.05) is 26.2 Å². The van der Waals surface area contributed by atoms with Crippen LogP contribution in [0.15, 0.2) is 23.1 Å². The summed E-state index contributed by atoms with van der Waals surface area (Å²) in [4.78, 5) is 24.3. The highest BCUT2D eigenvalue weighted by Gasteiger charge is 2.24. The number of halogens is 1. The Bertz CT molecular complexity index is 873. The van der Waals surface area contributed by atoms with E-state index in [1.807, 2.05) is 0 Å². The van der Waals surface area contributed by atoms with E-state index in [9.17, 15) is 22.4 Å². The highest BCUT2D eigenvalue weighted by Crippen LogP contribution is 2.30. The van der Waals surface area contributed by atoms with Crippen molar-refractivity contribution in [3.63, 3.8) is 0 Å².